The van der Waals surface area contributed by atoms with Gasteiger partial charge in [-0.15, -0.1) is 11.3 Å². The van der Waals surface area contributed by atoms with Crippen molar-refractivity contribution >= 4 is 33.1 Å². The van der Waals surface area contributed by atoms with Crippen LogP contribution in [0.25, 0.3) is 10.2 Å². The van der Waals surface area contributed by atoms with E-state index in [1.54, 1.807) is 11.3 Å². The van der Waals surface area contributed by atoms with Crippen molar-refractivity contribution in [3.8, 4) is 0 Å². The second kappa shape index (κ2) is 6.81. The van der Waals surface area contributed by atoms with Crippen LogP contribution in [0.15, 0.2) is 66.0 Å². The lowest BCUT2D eigenvalue weighted by atomic mass is 10.1. The number of anilines is 1. The number of amides is 1. The van der Waals surface area contributed by atoms with E-state index in [9.17, 15) is 4.79 Å². The van der Waals surface area contributed by atoms with E-state index in [1.165, 1.54) is 5.56 Å². The van der Waals surface area contributed by atoms with Gasteiger partial charge in [0.15, 0.2) is 0 Å². The van der Waals surface area contributed by atoms with Gasteiger partial charge in [0.25, 0.3) is 5.91 Å². The molecule has 0 unspecified atom stereocenters. The first kappa shape index (κ1) is 16.6. The number of nitrogens with one attached hydrogen (secondary N) is 1. The molecule has 4 rings (SSSR count). The highest BCUT2D eigenvalue weighted by Gasteiger charge is 2.18. The number of rotatable bonds is 4. The topological polar surface area (TPSA) is 34.0 Å². The van der Waals surface area contributed by atoms with Crippen molar-refractivity contribution in [2.45, 2.75) is 20.4 Å². The Bertz CT molecular complexity index is 1060. The van der Waals surface area contributed by atoms with Crippen molar-refractivity contribution in [3.63, 3.8) is 0 Å². The van der Waals surface area contributed by atoms with Crippen LogP contribution in [0.3, 0.4) is 0 Å². The normalized spacial score (nSPS) is 11.0. The monoisotopic (exact) mass is 360 g/mol. The molecule has 2 aromatic heterocycles. The molecule has 2 heterocycles. The standard InChI is InChI=1S/C22H20N2OS/c1-15-7-6-8-16(2)21(15)23-22(25)19-13-20-18(11-12-26-20)24(19)14-17-9-4-3-5-10-17/h3-13H,14H2,1-2H3,(H,23,25). The Morgan fingerprint density at radius 3 is 2.46 bits per heavy atom. The highest BCUT2D eigenvalue weighted by atomic mass is 32.1. The lowest BCUT2D eigenvalue weighted by Crippen LogP contribution is -2.18. The van der Waals surface area contributed by atoms with Crippen molar-refractivity contribution in [1.82, 2.24) is 4.57 Å². The van der Waals surface area contributed by atoms with Gasteiger partial charge in [-0.05, 0) is 48.1 Å². The number of carbonyl (C=O) groups excluding carboxylic acids is 1. The van der Waals surface area contributed by atoms with Gasteiger partial charge >= 0.3 is 0 Å². The number of nitrogens with zero attached hydrogens (tertiary/aromatic N) is 1. The quantitative estimate of drug-likeness (QED) is 0.503. The third kappa shape index (κ3) is 3.04. The maximum atomic E-state index is 13.1. The Kier molecular flexibility index (Phi) is 4.35. The number of hydrogen-bond donors (Lipinski definition) is 1. The second-order valence-corrected chi connectivity index (χ2v) is 7.44. The van der Waals surface area contributed by atoms with E-state index in [0.29, 0.717) is 12.2 Å². The summed E-state index contributed by atoms with van der Waals surface area (Å²) in [7, 11) is 0. The van der Waals surface area contributed by atoms with Gasteiger partial charge < -0.3 is 9.88 Å². The number of carbonyl (C=O) groups is 1. The van der Waals surface area contributed by atoms with Crippen LogP contribution in [0, 0.1) is 13.8 Å². The van der Waals surface area contributed by atoms with E-state index in [4.69, 9.17) is 0 Å². The predicted molar refractivity (Wildman–Crippen MR) is 109 cm³/mol. The number of fused-ring (bicyclic) bond motifs is 1. The van der Waals surface area contributed by atoms with Crippen LogP contribution in [-0.2, 0) is 6.54 Å². The van der Waals surface area contributed by atoms with Gasteiger partial charge in [-0.3, -0.25) is 4.79 Å². The number of para-hydroxylation sites is 1. The van der Waals surface area contributed by atoms with Crippen LogP contribution in [0.1, 0.15) is 27.2 Å². The zero-order chi connectivity index (χ0) is 18.1. The van der Waals surface area contributed by atoms with Crippen molar-refractivity contribution < 1.29 is 4.79 Å². The SMILES string of the molecule is Cc1cccc(C)c1NC(=O)c1cc2sccc2n1Cc1ccccc1. The Morgan fingerprint density at radius 1 is 1.00 bits per heavy atom. The third-order valence-electron chi connectivity index (χ3n) is 4.66. The van der Waals surface area contributed by atoms with Crippen molar-refractivity contribution in [3.05, 3.63) is 88.4 Å². The molecule has 0 fully saturated rings. The highest BCUT2D eigenvalue weighted by Crippen LogP contribution is 2.28. The molecule has 2 aromatic carbocycles. The average molecular weight is 360 g/mol. The average Bonchev–Trinajstić information content (AvgIpc) is 3.22. The van der Waals surface area contributed by atoms with Gasteiger partial charge in [-0.2, -0.15) is 0 Å². The van der Waals surface area contributed by atoms with Crippen molar-refractivity contribution in [1.29, 1.82) is 0 Å². The van der Waals surface area contributed by atoms with Crippen LogP contribution >= 0.6 is 11.3 Å². The first-order valence-electron chi connectivity index (χ1n) is 8.62. The van der Waals surface area contributed by atoms with Crippen LogP contribution in [-0.4, -0.2) is 10.5 Å². The summed E-state index contributed by atoms with van der Waals surface area (Å²) in [5, 5.41) is 5.19. The third-order valence-corrected chi connectivity index (χ3v) is 5.51. The van der Waals surface area contributed by atoms with Gasteiger partial charge in [0.2, 0.25) is 0 Å². The maximum absolute atomic E-state index is 13.1. The minimum Gasteiger partial charge on any atom is -0.331 e. The molecule has 0 aliphatic heterocycles. The minimum atomic E-state index is -0.0678. The fourth-order valence-corrected chi connectivity index (χ4v) is 4.11. The fourth-order valence-electron chi connectivity index (χ4n) is 3.29. The van der Waals surface area contributed by atoms with Gasteiger partial charge in [-0.1, -0.05) is 48.5 Å². The predicted octanol–water partition coefficient (Wildman–Crippen LogP) is 5.62. The summed E-state index contributed by atoms with van der Waals surface area (Å²) in [4.78, 5) is 13.1. The fraction of sp³-hybridized carbons (Fsp3) is 0.136. The van der Waals surface area contributed by atoms with E-state index in [1.807, 2.05) is 56.3 Å². The van der Waals surface area contributed by atoms with E-state index in [2.05, 4.69) is 33.5 Å². The lowest BCUT2D eigenvalue weighted by molar-refractivity contribution is 0.101. The molecule has 4 heteroatoms. The minimum absolute atomic E-state index is 0.0678. The molecule has 0 saturated heterocycles. The zero-order valence-corrected chi connectivity index (χ0v) is 15.6. The molecule has 0 atom stereocenters. The van der Waals surface area contributed by atoms with E-state index in [0.717, 1.165) is 27.0 Å². The van der Waals surface area contributed by atoms with Gasteiger partial charge in [0, 0.05) is 12.2 Å². The Labute approximate surface area is 156 Å². The molecule has 0 aliphatic carbocycles. The maximum Gasteiger partial charge on any atom is 0.272 e. The van der Waals surface area contributed by atoms with Crippen molar-refractivity contribution in [2.75, 3.05) is 5.32 Å². The summed E-state index contributed by atoms with van der Waals surface area (Å²) >= 11 is 1.66. The number of aromatic nitrogens is 1. The molecule has 0 spiro atoms. The summed E-state index contributed by atoms with van der Waals surface area (Å²) in [5.41, 5.74) is 6.01. The smallest absolute Gasteiger partial charge is 0.272 e. The van der Waals surface area contributed by atoms with Crippen LogP contribution < -0.4 is 5.32 Å². The molecular formula is C22H20N2OS. The molecule has 0 radical (unpaired) electrons. The number of hydrogen-bond acceptors (Lipinski definition) is 2. The Morgan fingerprint density at radius 2 is 1.73 bits per heavy atom. The molecule has 26 heavy (non-hydrogen) atoms. The van der Waals surface area contributed by atoms with E-state index in [-0.39, 0.29) is 5.91 Å². The summed E-state index contributed by atoms with van der Waals surface area (Å²) in [6.07, 6.45) is 0. The first-order chi connectivity index (χ1) is 12.6. The van der Waals surface area contributed by atoms with Crippen LogP contribution in [0.4, 0.5) is 5.69 Å². The Hall–Kier alpha value is -2.85. The molecule has 1 amide bonds. The van der Waals surface area contributed by atoms with Gasteiger partial charge in [-0.25, -0.2) is 0 Å². The van der Waals surface area contributed by atoms with Crippen LogP contribution in [0.2, 0.25) is 0 Å². The second-order valence-electron chi connectivity index (χ2n) is 6.49. The lowest BCUT2D eigenvalue weighted by Gasteiger charge is -2.14. The summed E-state index contributed by atoms with van der Waals surface area (Å²) in [6.45, 7) is 4.71. The van der Waals surface area contributed by atoms with Crippen molar-refractivity contribution in [2.24, 2.45) is 0 Å². The molecule has 0 bridgehead atoms. The zero-order valence-electron chi connectivity index (χ0n) is 14.8. The molecule has 4 aromatic rings. The number of benzene rings is 2. The molecule has 1 N–H and O–H groups in total. The van der Waals surface area contributed by atoms with E-state index >= 15 is 0 Å². The summed E-state index contributed by atoms with van der Waals surface area (Å²) in [6, 6.07) is 20.4. The largest absolute Gasteiger partial charge is 0.331 e. The van der Waals surface area contributed by atoms with Gasteiger partial charge in [0.1, 0.15) is 5.69 Å². The molecule has 0 saturated carbocycles. The summed E-state index contributed by atoms with van der Waals surface area (Å²) < 4.78 is 3.23. The Balaban J connectivity index is 1.73. The highest BCUT2D eigenvalue weighted by molar-refractivity contribution is 7.17. The molecule has 3 nitrogen and oxygen atoms in total. The molecule has 130 valence electrons. The van der Waals surface area contributed by atoms with Gasteiger partial charge in [0.05, 0.1) is 10.2 Å². The number of thiophene rings is 1. The van der Waals surface area contributed by atoms with Crippen LogP contribution in [0.5, 0.6) is 0 Å². The molecule has 0 aliphatic rings. The summed E-state index contributed by atoms with van der Waals surface area (Å²) in [5.74, 6) is -0.0678. The molecular weight excluding hydrogens is 340 g/mol. The van der Waals surface area contributed by atoms with E-state index < -0.39 is 0 Å². The number of aryl methyl sites for hydroxylation is 2. The first-order valence-corrected chi connectivity index (χ1v) is 9.49.